The van der Waals surface area contributed by atoms with Crippen LogP contribution in [0.2, 0.25) is 0 Å². The molecule has 2 aliphatic rings. The highest BCUT2D eigenvalue weighted by molar-refractivity contribution is 5.76. The number of aryl methyl sites for hydroxylation is 1. The highest BCUT2D eigenvalue weighted by Gasteiger charge is 2.49. The molecule has 2 aromatic rings. The van der Waals surface area contributed by atoms with Crippen molar-refractivity contribution in [3.8, 4) is 0 Å². The molecule has 2 aliphatic carbocycles. The number of rotatable bonds is 6. The summed E-state index contributed by atoms with van der Waals surface area (Å²) in [5.74, 6) is -0.590. The van der Waals surface area contributed by atoms with E-state index in [9.17, 15) is 9.18 Å². The number of allylic oxidation sites excluding steroid dienone is 1. The van der Waals surface area contributed by atoms with Crippen LogP contribution in [0.25, 0.3) is 0 Å². The van der Waals surface area contributed by atoms with Crippen molar-refractivity contribution < 1.29 is 13.9 Å². The number of nitrogens with zero attached hydrogens (tertiary/aromatic N) is 4. The molecule has 2 heterocycles. The zero-order valence-electron chi connectivity index (χ0n) is 15.1. The molecule has 1 saturated carbocycles. The van der Waals surface area contributed by atoms with Crippen molar-refractivity contribution in [3.05, 3.63) is 36.6 Å². The molecule has 0 spiro atoms. The summed E-state index contributed by atoms with van der Waals surface area (Å²) in [4.78, 5) is 20.6. The summed E-state index contributed by atoms with van der Waals surface area (Å²) >= 11 is 0. The van der Waals surface area contributed by atoms with E-state index in [-0.39, 0.29) is 41.5 Å². The molecule has 27 heavy (non-hydrogen) atoms. The Morgan fingerprint density at radius 2 is 2.19 bits per heavy atom. The zero-order chi connectivity index (χ0) is 19.0. The maximum absolute atomic E-state index is 14.3. The first-order chi connectivity index (χ1) is 13.0. The second-order valence-electron chi connectivity index (χ2n) is 6.81. The molecular weight excluding hydrogens is 351 g/mol. The summed E-state index contributed by atoms with van der Waals surface area (Å²) in [6, 6.07) is -0.255. The van der Waals surface area contributed by atoms with Gasteiger partial charge in [-0.15, -0.1) is 0 Å². The normalized spacial score (nSPS) is 25.6. The average Bonchev–Trinajstić information content (AvgIpc) is 3.34. The molecule has 142 valence electrons. The van der Waals surface area contributed by atoms with E-state index in [0.29, 0.717) is 12.3 Å². The Balaban J connectivity index is 1.55. The SMILES string of the molecule is CCOC(=O)[C@H]1[C@@H](Nc2nc(Nc3cnn(C)c3)ncc2F)[C@@H]2C=C[C@@H]1C2. The topological polar surface area (TPSA) is 94.0 Å². The van der Waals surface area contributed by atoms with Crippen molar-refractivity contribution in [2.24, 2.45) is 24.8 Å². The lowest BCUT2D eigenvalue weighted by Gasteiger charge is -2.27. The van der Waals surface area contributed by atoms with Crippen molar-refractivity contribution in [2.75, 3.05) is 17.2 Å². The quantitative estimate of drug-likeness (QED) is 0.593. The van der Waals surface area contributed by atoms with Crippen molar-refractivity contribution in [2.45, 2.75) is 19.4 Å². The first kappa shape index (κ1) is 17.4. The molecule has 2 aromatic heterocycles. The van der Waals surface area contributed by atoms with E-state index in [4.69, 9.17) is 4.74 Å². The summed E-state index contributed by atoms with van der Waals surface area (Å²) in [6.45, 7) is 2.11. The monoisotopic (exact) mass is 372 g/mol. The fourth-order valence-corrected chi connectivity index (χ4v) is 3.88. The molecular formula is C18H21FN6O2. The van der Waals surface area contributed by atoms with Gasteiger partial charge in [0, 0.05) is 19.3 Å². The van der Waals surface area contributed by atoms with Gasteiger partial charge in [0.1, 0.15) is 0 Å². The number of halogens is 1. The molecule has 4 rings (SSSR count). The van der Waals surface area contributed by atoms with Crippen LogP contribution in [0.3, 0.4) is 0 Å². The first-order valence-electron chi connectivity index (χ1n) is 8.95. The lowest BCUT2D eigenvalue weighted by molar-refractivity contribution is -0.149. The largest absolute Gasteiger partial charge is 0.466 e. The maximum atomic E-state index is 14.3. The van der Waals surface area contributed by atoms with E-state index < -0.39 is 5.82 Å². The Morgan fingerprint density at radius 3 is 2.93 bits per heavy atom. The van der Waals surface area contributed by atoms with E-state index in [1.807, 2.05) is 0 Å². The van der Waals surface area contributed by atoms with Gasteiger partial charge in [-0.05, 0) is 25.2 Å². The van der Waals surface area contributed by atoms with Crippen LogP contribution in [0.5, 0.6) is 0 Å². The van der Waals surface area contributed by atoms with Gasteiger partial charge in [-0.2, -0.15) is 10.1 Å². The van der Waals surface area contributed by atoms with Crippen molar-refractivity contribution in [1.29, 1.82) is 0 Å². The third-order valence-corrected chi connectivity index (χ3v) is 5.03. The predicted molar refractivity (Wildman–Crippen MR) is 96.8 cm³/mol. The Labute approximate surface area is 155 Å². The number of anilines is 3. The number of ether oxygens (including phenoxy) is 1. The van der Waals surface area contributed by atoms with Gasteiger partial charge in [-0.1, -0.05) is 12.2 Å². The van der Waals surface area contributed by atoms with Crippen LogP contribution < -0.4 is 10.6 Å². The Kier molecular flexibility index (Phi) is 4.51. The number of carbonyl (C=O) groups is 1. The molecule has 9 heteroatoms. The number of nitrogens with one attached hydrogen (secondary N) is 2. The molecule has 8 nitrogen and oxygen atoms in total. The minimum Gasteiger partial charge on any atom is -0.466 e. The minimum atomic E-state index is -0.568. The molecule has 0 aliphatic heterocycles. The van der Waals surface area contributed by atoms with E-state index >= 15 is 0 Å². The molecule has 2 bridgehead atoms. The molecule has 0 saturated heterocycles. The third kappa shape index (κ3) is 3.36. The number of hydrogen-bond donors (Lipinski definition) is 2. The second-order valence-corrected chi connectivity index (χ2v) is 6.81. The molecule has 0 unspecified atom stereocenters. The van der Waals surface area contributed by atoms with Crippen molar-refractivity contribution in [1.82, 2.24) is 19.7 Å². The predicted octanol–water partition coefficient (Wildman–Crippen LogP) is 2.26. The smallest absolute Gasteiger partial charge is 0.311 e. The van der Waals surface area contributed by atoms with Crippen LogP contribution >= 0.6 is 0 Å². The molecule has 0 aromatic carbocycles. The van der Waals surface area contributed by atoms with Crippen LogP contribution in [-0.4, -0.2) is 38.4 Å². The van der Waals surface area contributed by atoms with Gasteiger partial charge in [-0.3, -0.25) is 9.48 Å². The molecule has 4 atom stereocenters. The van der Waals surface area contributed by atoms with Crippen LogP contribution in [0, 0.1) is 23.6 Å². The number of aromatic nitrogens is 4. The Morgan fingerprint density at radius 1 is 1.37 bits per heavy atom. The van der Waals surface area contributed by atoms with E-state index in [1.165, 1.54) is 0 Å². The number of fused-ring (bicyclic) bond motifs is 2. The van der Waals surface area contributed by atoms with Gasteiger partial charge in [-0.25, -0.2) is 9.37 Å². The summed E-state index contributed by atoms with van der Waals surface area (Å²) in [6.07, 6.45) is 9.47. The Bertz CT molecular complexity index is 882. The average molecular weight is 372 g/mol. The molecule has 2 N–H and O–H groups in total. The van der Waals surface area contributed by atoms with E-state index in [1.54, 1.807) is 31.0 Å². The summed E-state index contributed by atoms with van der Waals surface area (Å²) in [5.41, 5.74) is 0.697. The van der Waals surface area contributed by atoms with Gasteiger partial charge >= 0.3 is 5.97 Å². The second kappa shape index (κ2) is 6.98. The van der Waals surface area contributed by atoms with Gasteiger partial charge in [0.05, 0.1) is 30.6 Å². The third-order valence-electron chi connectivity index (χ3n) is 5.03. The summed E-state index contributed by atoms with van der Waals surface area (Å²) < 4.78 is 21.2. The Hall–Kier alpha value is -2.97. The zero-order valence-corrected chi connectivity index (χ0v) is 15.1. The van der Waals surface area contributed by atoms with Gasteiger partial charge < -0.3 is 15.4 Å². The lowest BCUT2D eigenvalue weighted by atomic mass is 9.89. The lowest BCUT2D eigenvalue weighted by Crippen LogP contribution is -2.39. The van der Waals surface area contributed by atoms with Crippen molar-refractivity contribution in [3.63, 3.8) is 0 Å². The van der Waals surface area contributed by atoms with Gasteiger partial charge in [0.15, 0.2) is 11.6 Å². The number of carbonyl (C=O) groups excluding carboxylic acids is 1. The maximum Gasteiger partial charge on any atom is 0.311 e. The highest BCUT2D eigenvalue weighted by Crippen LogP contribution is 2.45. The molecule has 1 fully saturated rings. The molecule has 0 amide bonds. The molecule has 0 radical (unpaired) electrons. The van der Waals surface area contributed by atoms with Crippen LogP contribution in [-0.2, 0) is 16.6 Å². The van der Waals surface area contributed by atoms with Gasteiger partial charge in [0.2, 0.25) is 5.95 Å². The van der Waals surface area contributed by atoms with Crippen LogP contribution in [0.4, 0.5) is 21.8 Å². The highest BCUT2D eigenvalue weighted by atomic mass is 19.1. The fraction of sp³-hybridized carbons (Fsp3) is 0.444. The summed E-state index contributed by atoms with van der Waals surface area (Å²) in [7, 11) is 1.79. The van der Waals surface area contributed by atoms with Crippen LogP contribution in [0.15, 0.2) is 30.7 Å². The summed E-state index contributed by atoms with van der Waals surface area (Å²) in [5, 5.41) is 10.2. The standard InChI is InChI=1S/C18H21FN6O2/c1-3-27-17(26)14-10-4-5-11(6-10)15(14)23-16-13(19)8-20-18(24-16)22-12-7-21-25(2)9-12/h4-5,7-11,14-15H,3,6H2,1-2H3,(H2,20,22,23,24)/t10-,11-,14-,15+/m1/s1. The van der Waals surface area contributed by atoms with E-state index in [2.05, 4.69) is 37.9 Å². The first-order valence-corrected chi connectivity index (χ1v) is 8.95. The minimum absolute atomic E-state index is 0.0663. The van der Waals surface area contributed by atoms with E-state index in [0.717, 1.165) is 12.6 Å². The number of esters is 1. The number of hydrogen-bond acceptors (Lipinski definition) is 7. The van der Waals surface area contributed by atoms with Crippen molar-refractivity contribution >= 4 is 23.4 Å². The van der Waals surface area contributed by atoms with Gasteiger partial charge in [0.25, 0.3) is 0 Å². The fourth-order valence-electron chi connectivity index (χ4n) is 3.88. The van der Waals surface area contributed by atoms with Crippen LogP contribution in [0.1, 0.15) is 13.3 Å².